The van der Waals surface area contributed by atoms with Gasteiger partial charge in [0.25, 0.3) is 0 Å². The van der Waals surface area contributed by atoms with E-state index >= 15 is 0 Å². The van der Waals surface area contributed by atoms with Crippen LogP contribution in [0.15, 0.2) is 30.3 Å². The Balaban J connectivity index is 1.90. The van der Waals surface area contributed by atoms with Gasteiger partial charge in [-0.15, -0.1) is 0 Å². The number of carbonyl (C=O) groups is 2. The molecule has 1 aromatic carbocycles. The van der Waals surface area contributed by atoms with E-state index in [-0.39, 0.29) is 19.1 Å². The van der Waals surface area contributed by atoms with E-state index in [1.54, 1.807) is 13.8 Å². The number of carboxylic acid groups (broad SMARTS) is 1. The summed E-state index contributed by atoms with van der Waals surface area (Å²) in [6.07, 6.45) is 1.20. The number of nitrogens with zero attached hydrogens (tertiary/aromatic N) is 1. The maximum absolute atomic E-state index is 13.0. The molecule has 142 valence electrons. The fourth-order valence-electron chi connectivity index (χ4n) is 4.19. The molecular weight excluding hydrogens is 334 g/mol. The fourth-order valence-corrected chi connectivity index (χ4v) is 4.19. The van der Waals surface area contributed by atoms with Crippen LogP contribution in [-0.4, -0.2) is 44.9 Å². The Morgan fingerprint density at radius 3 is 2.27 bits per heavy atom. The molecule has 1 atom stereocenters. The highest BCUT2D eigenvalue weighted by atomic mass is 16.6. The summed E-state index contributed by atoms with van der Waals surface area (Å²) in [5.74, 6) is -1.04. The SMILES string of the molecule is CC1(C)CC(C(=O)O)(N(C(=O)OCc2ccccc2)C2CC2)C(C)(C)O1. The zero-order valence-electron chi connectivity index (χ0n) is 15.8. The third-order valence-electron chi connectivity index (χ3n) is 5.29. The lowest BCUT2D eigenvalue weighted by atomic mass is 9.77. The summed E-state index contributed by atoms with van der Waals surface area (Å²) < 4.78 is 11.6. The van der Waals surface area contributed by atoms with Crippen LogP contribution in [0.2, 0.25) is 0 Å². The minimum Gasteiger partial charge on any atom is -0.479 e. The maximum atomic E-state index is 13.0. The van der Waals surface area contributed by atoms with Crippen LogP contribution in [0, 0.1) is 0 Å². The molecule has 1 aliphatic heterocycles. The van der Waals surface area contributed by atoms with Gasteiger partial charge in [0.2, 0.25) is 0 Å². The van der Waals surface area contributed by atoms with Crippen LogP contribution in [0.1, 0.15) is 52.5 Å². The average molecular weight is 361 g/mol. The molecule has 1 unspecified atom stereocenters. The molecule has 0 aromatic heterocycles. The number of benzene rings is 1. The van der Waals surface area contributed by atoms with Crippen molar-refractivity contribution in [3.05, 3.63) is 35.9 Å². The van der Waals surface area contributed by atoms with Crippen LogP contribution in [0.4, 0.5) is 4.79 Å². The van der Waals surface area contributed by atoms with Gasteiger partial charge < -0.3 is 14.6 Å². The van der Waals surface area contributed by atoms with Crippen LogP contribution in [-0.2, 0) is 20.9 Å². The summed E-state index contributed by atoms with van der Waals surface area (Å²) in [6, 6.07) is 9.25. The van der Waals surface area contributed by atoms with Crippen molar-refractivity contribution in [2.75, 3.05) is 0 Å². The van der Waals surface area contributed by atoms with Crippen molar-refractivity contribution in [3.63, 3.8) is 0 Å². The molecule has 1 heterocycles. The summed E-state index contributed by atoms with van der Waals surface area (Å²) in [5.41, 5.74) is -2.26. The molecule has 2 fully saturated rings. The molecule has 6 heteroatoms. The topological polar surface area (TPSA) is 76.1 Å². The van der Waals surface area contributed by atoms with E-state index in [0.717, 1.165) is 18.4 Å². The van der Waals surface area contributed by atoms with Crippen LogP contribution in [0.5, 0.6) is 0 Å². The van der Waals surface area contributed by atoms with Gasteiger partial charge >= 0.3 is 12.1 Å². The lowest BCUT2D eigenvalue weighted by Crippen LogP contribution is -2.66. The number of rotatable bonds is 5. The Kier molecular flexibility index (Phi) is 4.51. The Morgan fingerprint density at radius 2 is 1.81 bits per heavy atom. The molecule has 2 aliphatic rings. The van der Waals surface area contributed by atoms with E-state index in [2.05, 4.69) is 0 Å². The van der Waals surface area contributed by atoms with Crippen molar-refractivity contribution in [1.82, 2.24) is 4.90 Å². The molecule has 3 rings (SSSR count). The van der Waals surface area contributed by atoms with E-state index < -0.39 is 28.8 Å². The van der Waals surface area contributed by atoms with Crippen LogP contribution in [0.3, 0.4) is 0 Å². The first kappa shape index (κ1) is 18.7. The standard InChI is InChI=1S/C20H27NO5/c1-18(2)13-20(16(22)23,19(3,4)26-18)21(15-10-11-15)17(24)25-12-14-8-6-5-7-9-14/h5-9,15H,10-13H2,1-4H3,(H,22,23). The van der Waals surface area contributed by atoms with Crippen molar-refractivity contribution in [3.8, 4) is 0 Å². The summed E-state index contributed by atoms with van der Waals surface area (Å²) in [4.78, 5) is 26.9. The minimum absolute atomic E-state index is 0.114. The Morgan fingerprint density at radius 1 is 1.19 bits per heavy atom. The van der Waals surface area contributed by atoms with Crippen LogP contribution < -0.4 is 0 Å². The molecule has 1 saturated carbocycles. The van der Waals surface area contributed by atoms with Gasteiger partial charge in [-0.3, -0.25) is 4.90 Å². The first-order valence-electron chi connectivity index (χ1n) is 9.03. The number of aliphatic carboxylic acids is 1. The van der Waals surface area contributed by atoms with E-state index in [1.807, 2.05) is 44.2 Å². The number of amides is 1. The molecule has 1 aliphatic carbocycles. The van der Waals surface area contributed by atoms with Gasteiger partial charge in [-0.25, -0.2) is 9.59 Å². The van der Waals surface area contributed by atoms with E-state index in [4.69, 9.17) is 9.47 Å². The molecule has 26 heavy (non-hydrogen) atoms. The number of hydrogen-bond donors (Lipinski definition) is 1. The zero-order valence-corrected chi connectivity index (χ0v) is 15.8. The third kappa shape index (κ3) is 3.18. The largest absolute Gasteiger partial charge is 0.479 e. The van der Waals surface area contributed by atoms with Gasteiger partial charge in [0.05, 0.1) is 11.2 Å². The maximum Gasteiger partial charge on any atom is 0.411 e. The summed E-state index contributed by atoms with van der Waals surface area (Å²) in [7, 11) is 0. The van der Waals surface area contributed by atoms with Gasteiger partial charge in [0.1, 0.15) is 6.61 Å². The number of carboxylic acids is 1. The summed E-state index contributed by atoms with van der Waals surface area (Å²) in [6.45, 7) is 7.33. The zero-order chi connectivity index (χ0) is 19.2. The lowest BCUT2D eigenvalue weighted by Gasteiger charge is -2.44. The number of ether oxygens (including phenoxy) is 2. The van der Waals surface area contributed by atoms with Gasteiger partial charge in [0.15, 0.2) is 5.54 Å². The molecule has 1 amide bonds. The average Bonchev–Trinajstić information content (AvgIpc) is 3.33. The lowest BCUT2D eigenvalue weighted by molar-refractivity contribution is -0.164. The molecule has 0 spiro atoms. The minimum atomic E-state index is -1.45. The molecule has 0 radical (unpaired) electrons. The van der Waals surface area contributed by atoms with Crippen LogP contribution in [0.25, 0.3) is 0 Å². The first-order chi connectivity index (χ1) is 12.1. The van der Waals surface area contributed by atoms with E-state index in [9.17, 15) is 14.7 Å². The Bertz CT molecular complexity index is 695. The predicted octanol–water partition coefficient (Wildman–Crippen LogP) is 3.59. The van der Waals surface area contributed by atoms with Crippen molar-refractivity contribution in [1.29, 1.82) is 0 Å². The van der Waals surface area contributed by atoms with Crippen molar-refractivity contribution < 1.29 is 24.2 Å². The molecule has 0 bridgehead atoms. The van der Waals surface area contributed by atoms with Crippen molar-refractivity contribution in [2.45, 2.75) is 76.3 Å². The summed E-state index contributed by atoms with van der Waals surface area (Å²) in [5, 5.41) is 10.2. The van der Waals surface area contributed by atoms with Crippen molar-refractivity contribution in [2.24, 2.45) is 0 Å². The highest BCUT2D eigenvalue weighted by Crippen LogP contribution is 2.51. The van der Waals surface area contributed by atoms with Gasteiger partial charge in [-0.05, 0) is 46.1 Å². The third-order valence-corrected chi connectivity index (χ3v) is 5.29. The quantitative estimate of drug-likeness (QED) is 0.867. The Labute approximate surface area is 154 Å². The molecular formula is C20H27NO5. The Hall–Kier alpha value is -2.08. The molecule has 1 saturated heterocycles. The highest BCUT2D eigenvalue weighted by molar-refractivity contribution is 5.87. The summed E-state index contributed by atoms with van der Waals surface area (Å²) >= 11 is 0. The van der Waals surface area contributed by atoms with Crippen LogP contribution >= 0.6 is 0 Å². The second kappa shape index (κ2) is 6.27. The van der Waals surface area contributed by atoms with E-state index in [0.29, 0.717) is 0 Å². The second-order valence-electron chi connectivity index (χ2n) is 8.36. The number of hydrogen-bond acceptors (Lipinski definition) is 4. The molecule has 1 aromatic rings. The first-order valence-corrected chi connectivity index (χ1v) is 9.03. The van der Waals surface area contributed by atoms with Gasteiger partial charge in [-0.2, -0.15) is 0 Å². The van der Waals surface area contributed by atoms with Crippen molar-refractivity contribution >= 4 is 12.1 Å². The normalized spacial score (nSPS) is 26.3. The highest BCUT2D eigenvalue weighted by Gasteiger charge is 2.68. The fraction of sp³-hybridized carbons (Fsp3) is 0.600. The molecule has 1 N–H and O–H groups in total. The monoisotopic (exact) mass is 361 g/mol. The predicted molar refractivity (Wildman–Crippen MR) is 95.7 cm³/mol. The van der Waals surface area contributed by atoms with Gasteiger partial charge in [-0.1, -0.05) is 30.3 Å². The van der Waals surface area contributed by atoms with Gasteiger partial charge in [0, 0.05) is 12.5 Å². The number of carbonyl (C=O) groups excluding carboxylic acids is 1. The smallest absolute Gasteiger partial charge is 0.411 e. The van der Waals surface area contributed by atoms with E-state index in [1.165, 1.54) is 4.90 Å². The second-order valence-corrected chi connectivity index (χ2v) is 8.36. The molecule has 6 nitrogen and oxygen atoms in total.